The molecule has 0 aromatic rings. The molecule has 0 rings (SSSR count). The van der Waals surface area contributed by atoms with Crippen LogP contribution in [0.2, 0.25) is 0 Å². The fourth-order valence-corrected chi connectivity index (χ4v) is 11.3. The van der Waals surface area contributed by atoms with Crippen molar-refractivity contribution in [2.45, 2.75) is 418 Å². The molecule has 0 saturated heterocycles. The van der Waals surface area contributed by atoms with Gasteiger partial charge in [-0.1, -0.05) is 373 Å². The molecule has 0 aliphatic rings. The van der Waals surface area contributed by atoms with Gasteiger partial charge in [0.15, 0.2) is 6.10 Å². The van der Waals surface area contributed by atoms with Crippen molar-refractivity contribution >= 4 is 11.9 Å². The van der Waals surface area contributed by atoms with Gasteiger partial charge in [0, 0.05) is 12.8 Å². The second-order valence-electron chi connectivity index (χ2n) is 24.3. The highest BCUT2D eigenvalue weighted by molar-refractivity contribution is 5.70. The van der Waals surface area contributed by atoms with Crippen LogP contribution in [-0.2, 0) is 19.1 Å². The summed E-state index contributed by atoms with van der Waals surface area (Å²) in [6, 6.07) is 0. The molecule has 0 amide bonds. The van der Waals surface area contributed by atoms with Crippen LogP contribution < -0.4 is 0 Å². The van der Waals surface area contributed by atoms with Crippen molar-refractivity contribution in [3.8, 4) is 0 Å². The molecule has 1 atom stereocenters. The zero-order chi connectivity index (χ0) is 54.8. The minimum Gasteiger partial charge on any atom is -0.462 e. The Hall–Kier alpha value is -1.36. The number of aliphatic hydroxyl groups is 1. The maximum absolute atomic E-state index is 12.4. The average Bonchev–Trinajstić information content (AvgIpc) is 3.42. The molecule has 1 unspecified atom stereocenters. The van der Waals surface area contributed by atoms with Crippen LogP contribution in [0.5, 0.6) is 0 Å². The Kier molecular flexibility index (Phi) is 66.7. The highest BCUT2D eigenvalue weighted by Crippen LogP contribution is 2.19. The minimum absolute atomic E-state index is 0.0562. The zero-order valence-electron chi connectivity index (χ0n) is 52.1. The molecule has 0 aromatic carbocycles. The molecule has 0 bridgehead atoms. The number of carbonyl (C=O) groups excluding carboxylic acids is 2. The number of ether oxygens (including phenoxy) is 2. The van der Waals surface area contributed by atoms with E-state index in [9.17, 15) is 14.7 Å². The summed E-state index contributed by atoms with van der Waals surface area (Å²) in [4.78, 5) is 24.6. The molecule has 0 fully saturated rings. The zero-order valence-corrected chi connectivity index (χ0v) is 52.1. The third kappa shape index (κ3) is 65.2. The largest absolute Gasteiger partial charge is 0.462 e. The van der Waals surface area contributed by atoms with Crippen LogP contribution in [-0.4, -0.2) is 36.4 Å². The molecule has 0 aliphatic carbocycles. The lowest BCUT2D eigenvalue weighted by atomic mass is 10.0. The molecule has 0 spiro atoms. The Bertz CT molecular complexity index is 1120. The van der Waals surface area contributed by atoms with Crippen molar-refractivity contribution in [1.29, 1.82) is 0 Å². The molecule has 76 heavy (non-hydrogen) atoms. The first-order valence-corrected chi connectivity index (χ1v) is 35.2. The van der Waals surface area contributed by atoms with Crippen LogP contribution >= 0.6 is 0 Å². The second kappa shape index (κ2) is 67.9. The maximum Gasteiger partial charge on any atom is 0.306 e. The van der Waals surface area contributed by atoms with Gasteiger partial charge in [-0.2, -0.15) is 0 Å². The van der Waals surface area contributed by atoms with Crippen LogP contribution in [0.1, 0.15) is 412 Å². The number of hydrogen-bond acceptors (Lipinski definition) is 5. The molecule has 452 valence electrons. The van der Waals surface area contributed by atoms with Gasteiger partial charge in [0.1, 0.15) is 6.61 Å². The van der Waals surface area contributed by atoms with E-state index in [0.29, 0.717) is 12.8 Å². The molecule has 5 nitrogen and oxygen atoms in total. The normalized spacial score (nSPS) is 12.1. The van der Waals surface area contributed by atoms with Gasteiger partial charge in [-0.3, -0.25) is 9.59 Å². The molecular weight excluding hydrogens is 933 g/mol. The summed E-state index contributed by atoms with van der Waals surface area (Å²) in [5.41, 5.74) is 0. The van der Waals surface area contributed by atoms with E-state index in [1.54, 1.807) is 0 Å². The first-order valence-electron chi connectivity index (χ1n) is 35.2. The average molecular weight is 1070 g/mol. The Labute approximate surface area is 477 Å². The van der Waals surface area contributed by atoms with Gasteiger partial charge >= 0.3 is 11.9 Å². The summed E-state index contributed by atoms with van der Waals surface area (Å²) in [5, 5.41) is 9.69. The van der Waals surface area contributed by atoms with Gasteiger partial charge in [0.2, 0.25) is 0 Å². The standard InChI is InChI=1S/C71H138O5/c1-3-5-7-9-11-13-15-17-19-21-23-25-27-28-29-30-31-32-33-34-35-36-37-38-39-40-41-42-44-46-48-50-52-54-56-58-60-62-64-66-71(74)76-69(67-72)68-75-70(73)65-63-61-59-57-55-53-51-49-47-45-43-26-24-22-20-18-16-14-12-10-8-6-4-2/h21,23,69,72H,3-20,22,24-68H2,1-2H3/b23-21-. The summed E-state index contributed by atoms with van der Waals surface area (Å²) in [6.07, 6.45) is 86.9. The summed E-state index contributed by atoms with van der Waals surface area (Å²) >= 11 is 0. The second-order valence-corrected chi connectivity index (χ2v) is 24.3. The highest BCUT2D eigenvalue weighted by Gasteiger charge is 2.16. The van der Waals surface area contributed by atoms with Crippen molar-refractivity contribution in [1.82, 2.24) is 0 Å². The predicted molar refractivity (Wildman–Crippen MR) is 335 cm³/mol. The van der Waals surface area contributed by atoms with Gasteiger partial charge < -0.3 is 14.6 Å². The number of rotatable bonds is 67. The van der Waals surface area contributed by atoms with Gasteiger partial charge in [-0.25, -0.2) is 0 Å². The predicted octanol–water partition coefficient (Wildman–Crippen LogP) is 24.2. The van der Waals surface area contributed by atoms with E-state index in [2.05, 4.69) is 26.0 Å². The first-order chi connectivity index (χ1) is 37.6. The lowest BCUT2D eigenvalue weighted by Gasteiger charge is -2.15. The van der Waals surface area contributed by atoms with E-state index in [0.717, 1.165) is 32.1 Å². The third-order valence-electron chi connectivity index (χ3n) is 16.6. The van der Waals surface area contributed by atoms with E-state index in [4.69, 9.17) is 9.47 Å². The smallest absolute Gasteiger partial charge is 0.306 e. The lowest BCUT2D eigenvalue weighted by molar-refractivity contribution is -0.161. The topological polar surface area (TPSA) is 72.8 Å². The fourth-order valence-electron chi connectivity index (χ4n) is 11.3. The van der Waals surface area contributed by atoms with Crippen molar-refractivity contribution in [3.63, 3.8) is 0 Å². The molecule has 5 heteroatoms. The molecule has 0 heterocycles. The Morgan fingerprint density at radius 1 is 0.289 bits per heavy atom. The number of aliphatic hydroxyl groups excluding tert-OH is 1. The SMILES string of the molecule is CCCCCCCCCC/C=C\CCCCCCCCCCCCCCCCCCCCCCCCCCCCCC(=O)OC(CO)COC(=O)CCCCCCCCCCCCCCCCCCCCCCCCC. The number of esters is 2. The maximum atomic E-state index is 12.4. The molecule has 0 saturated carbocycles. The first kappa shape index (κ1) is 74.6. The summed E-state index contributed by atoms with van der Waals surface area (Å²) in [7, 11) is 0. The minimum atomic E-state index is -0.766. The van der Waals surface area contributed by atoms with Crippen molar-refractivity contribution in [2.24, 2.45) is 0 Å². The van der Waals surface area contributed by atoms with E-state index in [1.165, 1.54) is 353 Å². The van der Waals surface area contributed by atoms with Crippen molar-refractivity contribution < 1.29 is 24.2 Å². The number of unbranched alkanes of at least 4 members (excludes halogenated alkanes) is 57. The summed E-state index contributed by atoms with van der Waals surface area (Å²) in [5.74, 6) is -0.561. The van der Waals surface area contributed by atoms with Crippen LogP contribution in [0.4, 0.5) is 0 Å². The van der Waals surface area contributed by atoms with E-state index in [1.807, 2.05) is 0 Å². The van der Waals surface area contributed by atoms with Gasteiger partial charge in [-0.15, -0.1) is 0 Å². The molecule has 0 aliphatic heterocycles. The van der Waals surface area contributed by atoms with Crippen LogP contribution in [0.15, 0.2) is 12.2 Å². The van der Waals surface area contributed by atoms with Crippen LogP contribution in [0, 0.1) is 0 Å². The summed E-state index contributed by atoms with van der Waals surface area (Å²) in [6.45, 7) is 4.22. The third-order valence-corrected chi connectivity index (χ3v) is 16.6. The number of carbonyl (C=O) groups is 2. The van der Waals surface area contributed by atoms with Crippen molar-refractivity contribution in [3.05, 3.63) is 12.2 Å². The van der Waals surface area contributed by atoms with Gasteiger partial charge in [-0.05, 0) is 38.5 Å². The Morgan fingerprint density at radius 2 is 0.487 bits per heavy atom. The van der Waals surface area contributed by atoms with Crippen molar-refractivity contribution in [2.75, 3.05) is 13.2 Å². The lowest BCUT2D eigenvalue weighted by Crippen LogP contribution is -2.28. The molecular formula is C71H138O5. The van der Waals surface area contributed by atoms with E-state index < -0.39 is 6.10 Å². The summed E-state index contributed by atoms with van der Waals surface area (Å²) < 4.78 is 10.8. The van der Waals surface area contributed by atoms with Crippen LogP contribution in [0.25, 0.3) is 0 Å². The van der Waals surface area contributed by atoms with Gasteiger partial charge in [0.25, 0.3) is 0 Å². The monoisotopic (exact) mass is 1070 g/mol. The van der Waals surface area contributed by atoms with Gasteiger partial charge in [0.05, 0.1) is 6.61 Å². The van der Waals surface area contributed by atoms with E-state index >= 15 is 0 Å². The Balaban J connectivity index is 3.34. The molecule has 0 aromatic heterocycles. The quantitative estimate of drug-likeness (QED) is 0.0373. The van der Waals surface area contributed by atoms with E-state index in [-0.39, 0.29) is 25.2 Å². The Morgan fingerprint density at radius 3 is 0.711 bits per heavy atom. The van der Waals surface area contributed by atoms with Crippen LogP contribution in [0.3, 0.4) is 0 Å². The molecule has 1 N–H and O–H groups in total. The highest BCUT2D eigenvalue weighted by atomic mass is 16.6. The number of allylic oxidation sites excluding steroid dienone is 2. The number of hydrogen-bond donors (Lipinski definition) is 1. The molecule has 0 radical (unpaired) electrons. The fraction of sp³-hybridized carbons (Fsp3) is 0.944.